The summed E-state index contributed by atoms with van der Waals surface area (Å²) < 4.78 is 13.4. The molecule has 3 heteroatoms. The Morgan fingerprint density at radius 2 is 2.29 bits per heavy atom. The van der Waals surface area contributed by atoms with Crippen molar-refractivity contribution in [3.63, 3.8) is 0 Å². The number of benzene rings is 1. The van der Waals surface area contributed by atoms with Crippen LogP contribution in [-0.4, -0.2) is 6.54 Å². The van der Waals surface area contributed by atoms with Crippen LogP contribution in [0.2, 0.25) is 5.02 Å². The van der Waals surface area contributed by atoms with Crippen LogP contribution in [-0.2, 0) is 0 Å². The molecule has 1 aromatic rings. The van der Waals surface area contributed by atoms with Crippen molar-refractivity contribution in [3.05, 3.63) is 34.6 Å². The summed E-state index contributed by atoms with van der Waals surface area (Å²) in [7, 11) is 0. The summed E-state index contributed by atoms with van der Waals surface area (Å²) in [6.07, 6.45) is 7.80. The quantitative estimate of drug-likeness (QED) is 0.598. The third-order valence-electron chi connectivity index (χ3n) is 2.61. The van der Waals surface area contributed by atoms with E-state index in [1.807, 2.05) is 13.0 Å². The molecule has 0 aliphatic rings. The lowest BCUT2D eigenvalue weighted by Gasteiger charge is -2.18. The van der Waals surface area contributed by atoms with E-state index in [0.29, 0.717) is 0 Å². The van der Waals surface area contributed by atoms with E-state index in [2.05, 4.69) is 11.2 Å². The Morgan fingerprint density at radius 1 is 1.53 bits per heavy atom. The maximum absolute atomic E-state index is 13.4. The van der Waals surface area contributed by atoms with Crippen molar-refractivity contribution >= 4 is 11.6 Å². The number of hydrogen-bond donors (Lipinski definition) is 1. The molecular weight excluding hydrogens is 237 g/mol. The van der Waals surface area contributed by atoms with E-state index in [1.165, 1.54) is 6.07 Å². The zero-order valence-electron chi connectivity index (χ0n) is 9.97. The first-order chi connectivity index (χ1) is 8.19. The summed E-state index contributed by atoms with van der Waals surface area (Å²) in [4.78, 5) is 0. The summed E-state index contributed by atoms with van der Waals surface area (Å²) in [5.41, 5.74) is 0.922. The minimum absolute atomic E-state index is 0.139. The second-order valence-corrected chi connectivity index (χ2v) is 4.29. The summed E-state index contributed by atoms with van der Waals surface area (Å²) in [5, 5.41) is 3.49. The minimum Gasteiger partial charge on any atom is -0.310 e. The fourth-order valence-corrected chi connectivity index (χ4v) is 1.89. The minimum atomic E-state index is -0.371. The van der Waals surface area contributed by atoms with Crippen LogP contribution in [0.4, 0.5) is 4.39 Å². The van der Waals surface area contributed by atoms with Gasteiger partial charge in [-0.15, -0.1) is 12.3 Å². The van der Waals surface area contributed by atoms with Gasteiger partial charge in [-0.25, -0.2) is 4.39 Å². The lowest BCUT2D eigenvalue weighted by molar-refractivity contribution is 0.498. The molecule has 0 radical (unpaired) electrons. The van der Waals surface area contributed by atoms with Gasteiger partial charge in [0.2, 0.25) is 0 Å². The first-order valence-electron chi connectivity index (χ1n) is 5.80. The molecule has 0 fully saturated rings. The highest BCUT2D eigenvalue weighted by Crippen LogP contribution is 2.23. The topological polar surface area (TPSA) is 12.0 Å². The predicted octanol–water partition coefficient (Wildman–Crippen LogP) is 3.93. The number of hydrogen-bond acceptors (Lipinski definition) is 1. The summed E-state index contributed by atoms with van der Waals surface area (Å²) in [6, 6.07) is 5.08. The van der Waals surface area contributed by atoms with E-state index in [1.54, 1.807) is 6.07 Å². The maximum atomic E-state index is 13.4. The van der Waals surface area contributed by atoms with E-state index < -0.39 is 0 Å². The summed E-state index contributed by atoms with van der Waals surface area (Å²) in [5.74, 6) is 2.24. The van der Waals surface area contributed by atoms with Gasteiger partial charge in [0.15, 0.2) is 0 Å². The van der Waals surface area contributed by atoms with Crippen LogP contribution in [0, 0.1) is 18.2 Å². The average molecular weight is 254 g/mol. The molecule has 0 aromatic heterocycles. The van der Waals surface area contributed by atoms with Crippen molar-refractivity contribution in [2.24, 2.45) is 0 Å². The number of unbranched alkanes of at least 4 members (excludes halogenated alkanes) is 1. The molecule has 0 bridgehead atoms. The molecule has 1 rings (SSSR count). The largest absolute Gasteiger partial charge is 0.310 e. The highest BCUT2D eigenvalue weighted by Gasteiger charge is 2.11. The molecule has 1 atom stereocenters. The van der Waals surface area contributed by atoms with Crippen LogP contribution in [0.3, 0.4) is 0 Å². The molecule has 0 saturated heterocycles. The summed E-state index contributed by atoms with van der Waals surface area (Å²) >= 11 is 5.67. The van der Waals surface area contributed by atoms with Gasteiger partial charge in [-0.2, -0.15) is 0 Å². The Hall–Kier alpha value is -1.04. The third-order valence-corrected chi connectivity index (χ3v) is 2.92. The monoisotopic (exact) mass is 253 g/mol. The number of rotatable bonds is 6. The molecule has 0 saturated carbocycles. The van der Waals surface area contributed by atoms with Gasteiger partial charge in [0, 0.05) is 12.5 Å². The smallest absolute Gasteiger partial charge is 0.142 e. The molecule has 1 nitrogen and oxygen atoms in total. The van der Waals surface area contributed by atoms with Crippen LogP contribution in [0.5, 0.6) is 0 Å². The van der Waals surface area contributed by atoms with Gasteiger partial charge in [0.05, 0.1) is 5.02 Å². The predicted molar refractivity (Wildman–Crippen MR) is 70.5 cm³/mol. The Kier molecular flexibility index (Phi) is 6.04. The first-order valence-corrected chi connectivity index (χ1v) is 6.18. The van der Waals surface area contributed by atoms with Crippen molar-refractivity contribution in [3.8, 4) is 12.3 Å². The highest BCUT2D eigenvalue weighted by molar-refractivity contribution is 6.30. The molecule has 0 spiro atoms. The van der Waals surface area contributed by atoms with Crippen LogP contribution in [0.25, 0.3) is 0 Å². The van der Waals surface area contributed by atoms with Gasteiger partial charge in [-0.1, -0.05) is 24.6 Å². The van der Waals surface area contributed by atoms with Crippen LogP contribution >= 0.6 is 11.6 Å². The van der Waals surface area contributed by atoms with E-state index in [4.69, 9.17) is 18.0 Å². The Labute approximate surface area is 107 Å². The molecule has 0 aliphatic heterocycles. The Bertz CT molecular complexity index is 398. The van der Waals surface area contributed by atoms with Crippen molar-refractivity contribution in [1.29, 1.82) is 0 Å². The zero-order valence-corrected chi connectivity index (χ0v) is 10.7. The van der Waals surface area contributed by atoms with Crippen LogP contribution in [0.15, 0.2) is 18.2 Å². The molecule has 17 heavy (non-hydrogen) atoms. The molecule has 0 heterocycles. The summed E-state index contributed by atoms with van der Waals surface area (Å²) in [6.45, 7) is 2.87. The van der Waals surface area contributed by atoms with Gasteiger partial charge in [0.25, 0.3) is 0 Å². The van der Waals surface area contributed by atoms with E-state index in [9.17, 15) is 4.39 Å². The molecule has 92 valence electrons. The molecular formula is C14H17ClFN. The Balaban J connectivity index is 2.74. The fraction of sp³-hybridized carbons (Fsp3) is 0.429. The number of nitrogens with one attached hydrogen (secondary N) is 1. The van der Waals surface area contributed by atoms with Crippen molar-refractivity contribution in [2.75, 3.05) is 6.54 Å². The third kappa shape index (κ3) is 4.38. The second kappa shape index (κ2) is 7.32. The molecule has 0 amide bonds. The second-order valence-electron chi connectivity index (χ2n) is 3.88. The fourth-order valence-electron chi connectivity index (χ4n) is 1.77. The standard InChI is InChI=1S/C14H17ClFN/c1-3-5-6-7-14(17-4-2)11-8-9-12(15)13(16)10-11/h1,8-10,14,17H,4-7H2,2H3. The van der Waals surface area contributed by atoms with Crippen LogP contribution < -0.4 is 5.32 Å². The molecule has 0 aliphatic carbocycles. The van der Waals surface area contributed by atoms with Gasteiger partial charge in [-0.05, 0) is 37.1 Å². The van der Waals surface area contributed by atoms with Crippen molar-refractivity contribution < 1.29 is 4.39 Å². The lowest BCUT2D eigenvalue weighted by Crippen LogP contribution is -2.21. The van der Waals surface area contributed by atoms with Gasteiger partial charge in [-0.3, -0.25) is 0 Å². The molecule has 1 aromatic carbocycles. The van der Waals surface area contributed by atoms with Gasteiger partial charge >= 0.3 is 0 Å². The Morgan fingerprint density at radius 3 is 2.88 bits per heavy atom. The highest BCUT2D eigenvalue weighted by atomic mass is 35.5. The zero-order chi connectivity index (χ0) is 12.7. The number of halogens is 2. The average Bonchev–Trinajstić information content (AvgIpc) is 2.32. The maximum Gasteiger partial charge on any atom is 0.142 e. The van der Waals surface area contributed by atoms with Crippen molar-refractivity contribution in [1.82, 2.24) is 5.32 Å². The van der Waals surface area contributed by atoms with Crippen LogP contribution in [0.1, 0.15) is 37.8 Å². The van der Waals surface area contributed by atoms with Gasteiger partial charge < -0.3 is 5.32 Å². The van der Waals surface area contributed by atoms with E-state index in [0.717, 1.165) is 31.4 Å². The lowest BCUT2D eigenvalue weighted by atomic mass is 10.0. The molecule has 1 N–H and O–H groups in total. The van der Waals surface area contributed by atoms with E-state index in [-0.39, 0.29) is 16.9 Å². The van der Waals surface area contributed by atoms with E-state index >= 15 is 0 Å². The molecule has 1 unspecified atom stereocenters. The first kappa shape index (κ1) is 14.0. The SMILES string of the molecule is C#CCCCC(NCC)c1ccc(Cl)c(F)c1. The van der Waals surface area contributed by atoms with Gasteiger partial charge in [0.1, 0.15) is 5.82 Å². The number of terminal acetylenes is 1. The normalized spacial score (nSPS) is 12.1. The van der Waals surface area contributed by atoms with Crippen molar-refractivity contribution in [2.45, 2.75) is 32.2 Å².